The van der Waals surface area contributed by atoms with E-state index in [2.05, 4.69) is 15.4 Å². The number of ether oxygens (including phenoxy) is 2. The summed E-state index contributed by atoms with van der Waals surface area (Å²) in [4.78, 5) is 54.5. The maximum Gasteiger partial charge on any atom is 0.436 e. The topological polar surface area (TPSA) is 135 Å². The van der Waals surface area contributed by atoms with Crippen molar-refractivity contribution in [1.29, 1.82) is 0 Å². The number of nitrogens with one attached hydrogen (secondary N) is 1. The lowest BCUT2D eigenvalue weighted by Crippen LogP contribution is -2.36. The summed E-state index contributed by atoms with van der Waals surface area (Å²) in [5.74, 6) is -4.96. The molecule has 6 rings (SSSR count). The van der Waals surface area contributed by atoms with Gasteiger partial charge in [-0.2, -0.15) is 26.3 Å². The fraction of sp³-hybridized carbons (Fsp3) is 0.429. The third-order valence-corrected chi connectivity index (χ3v) is 11.6. The monoisotopic (exact) mass is 982 g/mol. The number of hydrogen-bond acceptors (Lipinski definition) is 8. The van der Waals surface area contributed by atoms with Crippen molar-refractivity contribution in [3.63, 3.8) is 0 Å². The zero-order valence-corrected chi connectivity index (χ0v) is 37.8. The number of methoxy groups -OCH3 is 1. The van der Waals surface area contributed by atoms with E-state index in [9.17, 15) is 54.3 Å². The Morgan fingerprint density at radius 2 is 1.34 bits per heavy atom. The molecule has 1 aromatic heterocycles. The second-order valence-electron chi connectivity index (χ2n) is 14.8. The van der Waals surface area contributed by atoms with Gasteiger partial charge in [0.05, 0.1) is 30.0 Å². The first-order valence-electron chi connectivity index (χ1n) is 19.6. The smallest absolute Gasteiger partial charge is 0.436 e. The number of rotatable bonds is 9. The average molecular weight is 984 g/mol. The Balaban J connectivity index is 0.000000215. The van der Waals surface area contributed by atoms with Crippen LogP contribution < -0.4 is 24.7 Å². The van der Waals surface area contributed by atoms with E-state index in [1.807, 2.05) is 6.92 Å². The van der Waals surface area contributed by atoms with Crippen LogP contribution in [0.1, 0.15) is 50.8 Å². The molecular formula is C42H44Cl2F8N6O6S. The largest absolute Gasteiger partial charge is 0.472 e. The maximum atomic E-state index is 13.5. The highest BCUT2D eigenvalue weighted by Gasteiger charge is 2.45. The maximum absolute atomic E-state index is 13.5. The van der Waals surface area contributed by atoms with Crippen LogP contribution >= 0.6 is 34.5 Å². The third-order valence-electron chi connectivity index (χ3n) is 9.81. The molecule has 23 heteroatoms. The van der Waals surface area contributed by atoms with Crippen LogP contribution in [0.5, 0.6) is 5.19 Å². The molecule has 354 valence electrons. The molecule has 0 aliphatic carbocycles. The van der Waals surface area contributed by atoms with E-state index < -0.39 is 52.7 Å². The first-order chi connectivity index (χ1) is 30.3. The molecule has 2 aliphatic rings. The van der Waals surface area contributed by atoms with Crippen molar-refractivity contribution in [3.8, 4) is 10.9 Å². The highest BCUT2D eigenvalue weighted by Crippen LogP contribution is 2.37. The lowest BCUT2D eigenvalue weighted by molar-refractivity contribution is -0.138. The zero-order valence-electron chi connectivity index (χ0n) is 35.5. The highest BCUT2D eigenvalue weighted by atomic mass is 35.5. The van der Waals surface area contributed by atoms with Crippen molar-refractivity contribution in [2.75, 3.05) is 42.9 Å². The summed E-state index contributed by atoms with van der Waals surface area (Å²) in [6, 6.07) is 14.9. The van der Waals surface area contributed by atoms with E-state index in [0.29, 0.717) is 18.7 Å². The standard InChI is InChI=1S/C16H20F2N2O2.C14H14F3N3O3S.C12H10Cl2F3NO/c1-4-10-9-20(15(22)13(10)14(21)19-3)12-7-5-6-11(8-12)16(2,17)18;1-8(2)23-12(21)18-11-20(19-13(22-3)24-11)10-6-4-5-9(7-10)14(15,16)17;13-5-7-6-18(11(19)10(7)14)9-3-1-2-8(4-9)12(15,16)17/h5-8,10,13H,4,9H2,1-3H3,(H,19,21);4-8H,1-3H3;1-4,7,10H,5-6H2. The Labute approximate surface area is 382 Å². The van der Waals surface area contributed by atoms with Gasteiger partial charge in [0.25, 0.3) is 11.1 Å². The number of hydrogen-bond donors (Lipinski definition) is 1. The average Bonchev–Trinajstić information content (AvgIpc) is 3.91. The molecule has 4 aromatic rings. The van der Waals surface area contributed by atoms with Crippen LogP contribution in [0.15, 0.2) is 77.8 Å². The van der Waals surface area contributed by atoms with Gasteiger partial charge in [0.2, 0.25) is 22.5 Å². The predicted octanol–water partition coefficient (Wildman–Crippen LogP) is 9.45. The van der Waals surface area contributed by atoms with E-state index in [0.717, 1.165) is 47.2 Å². The lowest BCUT2D eigenvalue weighted by atomic mass is 9.92. The van der Waals surface area contributed by atoms with Crippen molar-refractivity contribution in [1.82, 2.24) is 15.1 Å². The van der Waals surface area contributed by atoms with Crippen LogP contribution in [-0.4, -0.2) is 78.2 Å². The molecule has 1 N–H and O–H groups in total. The molecule has 4 unspecified atom stereocenters. The number of nitrogens with zero attached hydrogens (tertiary/aromatic N) is 5. The molecule has 2 fully saturated rings. The van der Waals surface area contributed by atoms with Gasteiger partial charge in [0.15, 0.2) is 0 Å². The quantitative estimate of drug-likeness (QED) is 0.100. The summed E-state index contributed by atoms with van der Waals surface area (Å²) < 4.78 is 114. The molecule has 2 aliphatic heterocycles. The lowest BCUT2D eigenvalue weighted by Gasteiger charge is -2.19. The van der Waals surface area contributed by atoms with E-state index in [1.54, 1.807) is 19.9 Å². The molecule has 0 saturated carbocycles. The van der Waals surface area contributed by atoms with Gasteiger partial charge < -0.3 is 24.6 Å². The number of alkyl halides is 10. The summed E-state index contributed by atoms with van der Waals surface area (Å²) in [6.07, 6.45) is -9.50. The van der Waals surface area contributed by atoms with Crippen molar-refractivity contribution in [2.24, 2.45) is 22.7 Å². The van der Waals surface area contributed by atoms with Crippen molar-refractivity contribution >= 4 is 69.7 Å². The fourth-order valence-corrected chi connectivity index (χ4v) is 7.88. The van der Waals surface area contributed by atoms with E-state index in [1.165, 1.54) is 66.4 Å². The van der Waals surface area contributed by atoms with E-state index in [-0.39, 0.29) is 69.1 Å². The summed E-state index contributed by atoms with van der Waals surface area (Å²) in [7, 11) is 2.84. The third kappa shape index (κ3) is 13.4. The normalized spacial score (nSPS) is 19.1. The first kappa shape index (κ1) is 52.3. The summed E-state index contributed by atoms with van der Waals surface area (Å²) in [5.41, 5.74) is -1.07. The molecule has 4 amide bonds. The molecule has 12 nitrogen and oxygen atoms in total. The molecule has 0 radical (unpaired) electrons. The van der Waals surface area contributed by atoms with Crippen LogP contribution in [0.2, 0.25) is 0 Å². The molecule has 65 heavy (non-hydrogen) atoms. The minimum atomic E-state index is -4.50. The minimum absolute atomic E-state index is 0.0387. The van der Waals surface area contributed by atoms with Gasteiger partial charge in [0, 0.05) is 55.8 Å². The summed E-state index contributed by atoms with van der Waals surface area (Å²) >= 11 is 12.5. The van der Waals surface area contributed by atoms with Crippen molar-refractivity contribution in [2.45, 2.75) is 63.9 Å². The summed E-state index contributed by atoms with van der Waals surface area (Å²) in [6.45, 7) is 6.64. The molecular weight excluding hydrogens is 939 g/mol. The van der Waals surface area contributed by atoms with E-state index >= 15 is 0 Å². The zero-order chi connectivity index (χ0) is 48.6. The van der Waals surface area contributed by atoms with Crippen LogP contribution in [0.3, 0.4) is 0 Å². The van der Waals surface area contributed by atoms with Gasteiger partial charge in [-0.1, -0.05) is 37.6 Å². The molecule has 0 spiro atoms. The first-order valence-corrected chi connectivity index (χ1v) is 21.4. The number of carbonyl (C=O) groups excluding carboxylic acids is 4. The number of carbonyl (C=O) groups is 4. The van der Waals surface area contributed by atoms with Gasteiger partial charge in [-0.25, -0.2) is 18.3 Å². The van der Waals surface area contributed by atoms with Crippen LogP contribution in [0.4, 0.5) is 51.3 Å². The second kappa shape index (κ2) is 21.8. The van der Waals surface area contributed by atoms with Crippen LogP contribution in [0.25, 0.3) is 5.69 Å². The second-order valence-corrected chi connectivity index (χ2v) is 16.5. The van der Waals surface area contributed by atoms with Crippen LogP contribution in [-0.2, 0) is 37.4 Å². The molecule has 0 bridgehead atoms. The number of amides is 4. The Morgan fingerprint density at radius 1 is 0.846 bits per heavy atom. The van der Waals surface area contributed by atoms with Crippen LogP contribution in [0, 0.1) is 17.8 Å². The Hall–Kier alpha value is -5.28. The highest BCUT2D eigenvalue weighted by molar-refractivity contribution is 7.10. The fourth-order valence-electron chi connectivity index (χ4n) is 6.51. The van der Waals surface area contributed by atoms with Gasteiger partial charge in [-0.15, -0.1) is 33.3 Å². The predicted molar refractivity (Wildman–Crippen MR) is 228 cm³/mol. The number of benzene rings is 3. The molecule has 4 atom stereocenters. The molecule has 3 aromatic carbocycles. The van der Waals surface area contributed by atoms with E-state index in [4.69, 9.17) is 32.7 Å². The number of halogens is 10. The van der Waals surface area contributed by atoms with Gasteiger partial charge >= 0.3 is 18.4 Å². The molecule has 2 saturated heterocycles. The Kier molecular flexibility index (Phi) is 17.6. The molecule has 3 heterocycles. The number of anilines is 2. The summed E-state index contributed by atoms with van der Waals surface area (Å²) in [5, 5.41) is 5.86. The van der Waals surface area contributed by atoms with Gasteiger partial charge in [-0.05, 0) is 79.6 Å². The Morgan fingerprint density at radius 3 is 1.80 bits per heavy atom. The minimum Gasteiger partial charge on any atom is -0.472 e. The number of aromatic nitrogens is 2. The van der Waals surface area contributed by atoms with Crippen molar-refractivity contribution < 1.29 is 63.8 Å². The Bertz CT molecular complexity index is 2390. The van der Waals surface area contributed by atoms with Crippen molar-refractivity contribution in [3.05, 3.63) is 94.3 Å². The SMILES string of the molecule is CCC1CN(c2cccc(C(C)(F)F)c2)C(=O)C1C(=O)NC.COc1nn(-c2cccc(C(F)(F)F)c2)c(=NC(=O)OC(C)C)s1.O=C1C(Cl)C(CCl)CN1c1cccc(C(F)(F)F)c1. The van der Waals surface area contributed by atoms with Gasteiger partial charge in [0.1, 0.15) is 11.3 Å². The van der Waals surface area contributed by atoms with Gasteiger partial charge in [-0.3, -0.25) is 14.4 Å².